The maximum absolute atomic E-state index is 12.8. The second-order valence-corrected chi connectivity index (χ2v) is 7.56. The zero-order valence-corrected chi connectivity index (χ0v) is 15.7. The molecule has 152 valence electrons. The summed E-state index contributed by atoms with van der Waals surface area (Å²) in [6.45, 7) is 1.56. The minimum atomic E-state index is -4.53. The third-order valence-electron chi connectivity index (χ3n) is 4.19. The third-order valence-corrected chi connectivity index (χ3v) is 5.46. The number of hydrogen-bond donors (Lipinski definition) is 2. The Morgan fingerprint density at radius 2 is 2.00 bits per heavy atom. The molecule has 1 aliphatic rings. The van der Waals surface area contributed by atoms with Gasteiger partial charge in [0, 0.05) is 28.6 Å². The van der Waals surface area contributed by atoms with Crippen molar-refractivity contribution in [1.82, 2.24) is 0 Å². The molecule has 2 aromatic carbocycles. The Kier molecular flexibility index (Phi) is 5.51. The molecule has 3 rings (SSSR count). The molecule has 7 nitrogen and oxygen atoms in total. The van der Waals surface area contributed by atoms with E-state index in [0.29, 0.717) is 10.5 Å². The molecule has 0 unspecified atom stereocenters. The van der Waals surface area contributed by atoms with Crippen LogP contribution in [0, 0.1) is 17.0 Å². The molecule has 0 spiro atoms. The SMILES string of the molecule is Cc1ccc(NC(=O)C[C@H]2Sc3ccc(C(F)(F)F)cc3NC2=O)cc1[N+](=O)[O-]. The summed E-state index contributed by atoms with van der Waals surface area (Å²) in [7, 11) is 0. The monoisotopic (exact) mass is 425 g/mol. The zero-order valence-electron chi connectivity index (χ0n) is 14.9. The number of nitro benzene ring substituents is 1. The number of fused-ring (bicyclic) bond motifs is 1. The molecule has 29 heavy (non-hydrogen) atoms. The highest BCUT2D eigenvalue weighted by Gasteiger charge is 2.34. The van der Waals surface area contributed by atoms with Crippen LogP contribution in [-0.4, -0.2) is 22.0 Å². The van der Waals surface area contributed by atoms with Crippen LogP contribution < -0.4 is 10.6 Å². The molecule has 0 bridgehead atoms. The number of benzene rings is 2. The van der Waals surface area contributed by atoms with Gasteiger partial charge < -0.3 is 10.6 Å². The number of alkyl halides is 3. The van der Waals surface area contributed by atoms with Crippen molar-refractivity contribution in [3.05, 3.63) is 57.6 Å². The van der Waals surface area contributed by atoms with E-state index in [9.17, 15) is 32.9 Å². The molecule has 0 fully saturated rings. The van der Waals surface area contributed by atoms with E-state index in [1.807, 2.05) is 0 Å². The molecule has 2 N–H and O–H groups in total. The van der Waals surface area contributed by atoms with Crippen LogP contribution in [0.2, 0.25) is 0 Å². The van der Waals surface area contributed by atoms with E-state index < -0.39 is 33.7 Å². The van der Waals surface area contributed by atoms with E-state index in [4.69, 9.17) is 0 Å². The molecule has 0 radical (unpaired) electrons. The molecule has 0 saturated heterocycles. The van der Waals surface area contributed by atoms with Gasteiger partial charge in [0.2, 0.25) is 11.8 Å². The van der Waals surface area contributed by atoms with Crippen molar-refractivity contribution in [1.29, 1.82) is 0 Å². The van der Waals surface area contributed by atoms with E-state index >= 15 is 0 Å². The van der Waals surface area contributed by atoms with Gasteiger partial charge in [-0.2, -0.15) is 13.2 Å². The number of hydrogen-bond acceptors (Lipinski definition) is 5. The van der Waals surface area contributed by atoms with Crippen LogP contribution in [0.4, 0.5) is 30.2 Å². The summed E-state index contributed by atoms with van der Waals surface area (Å²) in [6.07, 6.45) is -4.78. The zero-order chi connectivity index (χ0) is 21.3. The van der Waals surface area contributed by atoms with Crippen LogP contribution >= 0.6 is 11.8 Å². The fraction of sp³-hybridized carbons (Fsp3) is 0.222. The van der Waals surface area contributed by atoms with Gasteiger partial charge >= 0.3 is 6.18 Å². The first kappa shape index (κ1) is 20.6. The van der Waals surface area contributed by atoms with E-state index in [1.165, 1.54) is 24.3 Å². The smallest absolute Gasteiger partial charge is 0.326 e. The lowest BCUT2D eigenvalue weighted by molar-refractivity contribution is -0.385. The highest BCUT2D eigenvalue weighted by molar-refractivity contribution is 8.01. The molecule has 11 heteroatoms. The fourth-order valence-electron chi connectivity index (χ4n) is 2.73. The summed E-state index contributed by atoms with van der Waals surface area (Å²) < 4.78 is 38.4. The van der Waals surface area contributed by atoms with Crippen molar-refractivity contribution < 1.29 is 27.7 Å². The van der Waals surface area contributed by atoms with Gasteiger partial charge in [0.25, 0.3) is 5.69 Å². The number of nitrogens with one attached hydrogen (secondary N) is 2. The van der Waals surface area contributed by atoms with Gasteiger partial charge in [-0.3, -0.25) is 19.7 Å². The number of amides is 2. The minimum Gasteiger partial charge on any atom is -0.326 e. The number of aryl methyl sites for hydroxylation is 1. The lowest BCUT2D eigenvalue weighted by atomic mass is 10.1. The van der Waals surface area contributed by atoms with Crippen molar-refractivity contribution >= 4 is 40.6 Å². The van der Waals surface area contributed by atoms with E-state index in [2.05, 4.69) is 10.6 Å². The maximum Gasteiger partial charge on any atom is 0.416 e. The molecule has 0 aromatic heterocycles. The quantitative estimate of drug-likeness (QED) is 0.560. The Balaban J connectivity index is 1.70. The molecule has 2 aromatic rings. The summed E-state index contributed by atoms with van der Waals surface area (Å²) in [5, 5.41) is 15.0. The van der Waals surface area contributed by atoms with Crippen LogP contribution in [-0.2, 0) is 15.8 Å². The molecular weight excluding hydrogens is 411 g/mol. The van der Waals surface area contributed by atoms with Crippen LogP contribution in [0.3, 0.4) is 0 Å². The number of nitro groups is 1. The molecule has 0 saturated carbocycles. The van der Waals surface area contributed by atoms with Crippen molar-refractivity contribution in [2.45, 2.75) is 29.7 Å². The predicted octanol–water partition coefficient (Wildman–Crippen LogP) is 4.36. The minimum absolute atomic E-state index is 0.0423. The highest BCUT2D eigenvalue weighted by atomic mass is 32.2. The second kappa shape index (κ2) is 7.74. The van der Waals surface area contributed by atoms with Gasteiger partial charge in [0.15, 0.2) is 0 Å². The average molecular weight is 425 g/mol. The van der Waals surface area contributed by atoms with Gasteiger partial charge in [-0.05, 0) is 31.2 Å². The molecule has 1 aliphatic heterocycles. The first-order valence-electron chi connectivity index (χ1n) is 8.28. The fourth-order valence-corrected chi connectivity index (χ4v) is 3.82. The van der Waals surface area contributed by atoms with Crippen LogP contribution in [0.15, 0.2) is 41.3 Å². The van der Waals surface area contributed by atoms with E-state index in [0.717, 1.165) is 23.9 Å². The van der Waals surface area contributed by atoms with Crippen molar-refractivity contribution in [2.24, 2.45) is 0 Å². The van der Waals surface area contributed by atoms with Gasteiger partial charge in [-0.15, -0.1) is 11.8 Å². The first-order valence-corrected chi connectivity index (χ1v) is 9.16. The largest absolute Gasteiger partial charge is 0.416 e. The number of anilines is 2. The van der Waals surface area contributed by atoms with E-state index in [-0.39, 0.29) is 23.5 Å². The van der Waals surface area contributed by atoms with Gasteiger partial charge in [0.05, 0.1) is 21.4 Å². The number of halogens is 3. The predicted molar refractivity (Wildman–Crippen MR) is 101 cm³/mol. The number of thioether (sulfide) groups is 1. The average Bonchev–Trinajstić information content (AvgIpc) is 2.62. The third kappa shape index (κ3) is 4.67. The van der Waals surface area contributed by atoms with Gasteiger partial charge in [-0.1, -0.05) is 6.07 Å². The van der Waals surface area contributed by atoms with E-state index in [1.54, 1.807) is 6.92 Å². The Morgan fingerprint density at radius 3 is 2.66 bits per heavy atom. The number of carbonyl (C=O) groups is 2. The highest BCUT2D eigenvalue weighted by Crippen LogP contribution is 2.40. The summed E-state index contributed by atoms with van der Waals surface area (Å²) in [5.41, 5.74) is -0.342. The lowest BCUT2D eigenvalue weighted by Crippen LogP contribution is -2.32. The standard InChI is InChI=1S/C18H14F3N3O4S/c1-9-2-4-11(7-13(9)24(27)28)22-16(25)8-15-17(26)23-12-6-10(18(19,20)21)3-5-14(12)29-15/h2-7,15H,8H2,1H3,(H,22,25)(H,23,26)/t15-/m1/s1. The van der Waals surface area contributed by atoms with Gasteiger partial charge in [-0.25, -0.2) is 0 Å². The molecule has 0 aliphatic carbocycles. The van der Waals surface area contributed by atoms with Crippen LogP contribution in [0.1, 0.15) is 17.5 Å². The summed E-state index contributed by atoms with van der Waals surface area (Å²) in [5.74, 6) is -1.14. The maximum atomic E-state index is 12.8. The van der Waals surface area contributed by atoms with Crippen molar-refractivity contribution in [3.63, 3.8) is 0 Å². The number of nitrogens with zero attached hydrogens (tertiary/aromatic N) is 1. The number of rotatable bonds is 4. The molecule has 1 heterocycles. The Bertz CT molecular complexity index is 1010. The normalized spacial score (nSPS) is 16.0. The Labute approximate surface area is 166 Å². The second-order valence-electron chi connectivity index (χ2n) is 6.32. The summed E-state index contributed by atoms with van der Waals surface area (Å²) in [4.78, 5) is 35.3. The Hall–Kier alpha value is -3.08. The van der Waals surface area contributed by atoms with Crippen molar-refractivity contribution in [3.8, 4) is 0 Å². The number of carbonyl (C=O) groups excluding carboxylic acids is 2. The first-order chi connectivity index (χ1) is 13.5. The van der Waals surface area contributed by atoms with Crippen molar-refractivity contribution in [2.75, 3.05) is 10.6 Å². The lowest BCUT2D eigenvalue weighted by Gasteiger charge is -2.24. The van der Waals surface area contributed by atoms with Crippen LogP contribution in [0.5, 0.6) is 0 Å². The van der Waals surface area contributed by atoms with Gasteiger partial charge in [0.1, 0.15) is 0 Å². The topological polar surface area (TPSA) is 101 Å². The van der Waals surface area contributed by atoms with Crippen LogP contribution in [0.25, 0.3) is 0 Å². The Morgan fingerprint density at radius 1 is 1.28 bits per heavy atom. The summed E-state index contributed by atoms with van der Waals surface area (Å²) >= 11 is 0.985. The molecular formula is C18H14F3N3O4S. The molecule has 2 amide bonds. The summed E-state index contributed by atoms with van der Waals surface area (Å²) in [6, 6.07) is 7.21. The molecule has 1 atom stereocenters.